The molecule has 0 radical (unpaired) electrons. The molecule has 1 aromatic carbocycles. The molecule has 1 fully saturated rings. The number of carboxylic acids is 1. The maximum absolute atomic E-state index is 12.3. The second kappa shape index (κ2) is 6.42. The van der Waals surface area contributed by atoms with E-state index in [2.05, 4.69) is 10.3 Å². The number of carbonyl (C=O) groups excluding carboxylic acids is 1. The summed E-state index contributed by atoms with van der Waals surface area (Å²) in [5.74, 6) is -0.884. The van der Waals surface area contributed by atoms with Crippen molar-refractivity contribution < 1.29 is 14.7 Å². The van der Waals surface area contributed by atoms with Crippen molar-refractivity contribution in [3.05, 3.63) is 36.0 Å². The van der Waals surface area contributed by atoms with Crippen molar-refractivity contribution in [1.82, 2.24) is 15.2 Å². The Morgan fingerprint density at radius 1 is 1.35 bits per heavy atom. The van der Waals surface area contributed by atoms with Crippen LogP contribution in [0.4, 0.5) is 0 Å². The maximum Gasteiger partial charge on any atom is 0.317 e. The average molecular weight is 315 g/mol. The van der Waals surface area contributed by atoms with E-state index in [-0.39, 0.29) is 24.5 Å². The topological polar surface area (TPSA) is 85.4 Å². The molecule has 1 heterocycles. The molecule has 0 unspecified atom stereocenters. The van der Waals surface area contributed by atoms with E-state index in [4.69, 9.17) is 5.11 Å². The summed E-state index contributed by atoms with van der Waals surface area (Å²) < 4.78 is 0. The molecule has 3 N–H and O–H groups in total. The Kier molecular flexibility index (Phi) is 4.34. The first-order chi connectivity index (χ1) is 11.1. The number of hydrogen-bond acceptors (Lipinski definition) is 3. The van der Waals surface area contributed by atoms with E-state index >= 15 is 0 Å². The van der Waals surface area contributed by atoms with Gasteiger partial charge in [-0.15, -0.1) is 0 Å². The minimum absolute atomic E-state index is 0.0608. The van der Waals surface area contributed by atoms with E-state index in [1.807, 2.05) is 42.3 Å². The van der Waals surface area contributed by atoms with Gasteiger partial charge < -0.3 is 15.4 Å². The molecule has 3 rings (SSSR count). The lowest BCUT2D eigenvalue weighted by Gasteiger charge is -2.42. The molecule has 1 aliphatic carbocycles. The lowest BCUT2D eigenvalue weighted by Crippen LogP contribution is -2.54. The van der Waals surface area contributed by atoms with Crippen molar-refractivity contribution in [2.24, 2.45) is 0 Å². The van der Waals surface area contributed by atoms with Crippen LogP contribution in [0.5, 0.6) is 0 Å². The predicted molar refractivity (Wildman–Crippen MR) is 87.5 cm³/mol. The van der Waals surface area contributed by atoms with E-state index in [9.17, 15) is 9.59 Å². The molecule has 0 atom stereocenters. The highest BCUT2D eigenvalue weighted by atomic mass is 16.4. The third kappa shape index (κ3) is 3.37. The van der Waals surface area contributed by atoms with E-state index in [1.165, 1.54) is 0 Å². The molecule has 2 aromatic rings. The van der Waals surface area contributed by atoms with E-state index in [0.717, 1.165) is 23.7 Å². The number of nitrogens with one attached hydrogen (secondary N) is 2. The van der Waals surface area contributed by atoms with Crippen LogP contribution in [0, 0.1) is 0 Å². The molecule has 0 spiro atoms. The summed E-state index contributed by atoms with van der Waals surface area (Å²) in [6.07, 6.45) is 3.46. The van der Waals surface area contributed by atoms with Crippen molar-refractivity contribution in [3.63, 3.8) is 0 Å². The highest BCUT2D eigenvalue weighted by molar-refractivity contribution is 5.98. The Labute approximate surface area is 134 Å². The van der Waals surface area contributed by atoms with Gasteiger partial charge in [-0.25, -0.2) is 0 Å². The normalized spacial score (nSPS) is 20.4. The van der Waals surface area contributed by atoms with Crippen LogP contribution in [0.15, 0.2) is 30.5 Å². The number of aromatic amines is 1. The fourth-order valence-corrected chi connectivity index (χ4v) is 3.13. The second-order valence-electron chi connectivity index (χ2n) is 6.03. The molecule has 1 aliphatic rings. The zero-order chi connectivity index (χ0) is 16.4. The number of aromatic nitrogens is 1. The van der Waals surface area contributed by atoms with E-state index in [1.54, 1.807) is 0 Å². The minimum Gasteiger partial charge on any atom is -0.480 e. The zero-order valence-electron chi connectivity index (χ0n) is 13.1. The number of carboxylic acid groups (broad SMARTS) is 1. The lowest BCUT2D eigenvalue weighted by molar-refractivity contribution is -0.139. The number of fused-ring (bicyclic) bond motifs is 1. The smallest absolute Gasteiger partial charge is 0.317 e. The third-order valence-electron chi connectivity index (χ3n) is 4.53. The predicted octanol–water partition coefficient (Wildman–Crippen LogP) is 1.84. The molecule has 6 nitrogen and oxygen atoms in total. The number of likely N-dealkylation sites (N-methyl/N-ethyl adjacent to an activating group) is 1. The molecule has 0 aliphatic heterocycles. The molecular weight excluding hydrogens is 294 g/mol. The van der Waals surface area contributed by atoms with Crippen LogP contribution in [0.1, 0.15) is 30.1 Å². The molecule has 1 aromatic heterocycles. The number of amides is 1. The van der Waals surface area contributed by atoms with Gasteiger partial charge in [0, 0.05) is 29.4 Å². The largest absolute Gasteiger partial charge is 0.480 e. The van der Waals surface area contributed by atoms with Gasteiger partial charge in [-0.1, -0.05) is 13.0 Å². The highest BCUT2D eigenvalue weighted by Crippen LogP contribution is 2.26. The van der Waals surface area contributed by atoms with Gasteiger partial charge in [-0.05, 0) is 43.0 Å². The van der Waals surface area contributed by atoms with Crippen LogP contribution in [-0.4, -0.2) is 52.0 Å². The molecule has 23 heavy (non-hydrogen) atoms. The fourth-order valence-electron chi connectivity index (χ4n) is 3.13. The third-order valence-corrected chi connectivity index (χ3v) is 4.53. The number of hydrogen-bond donors (Lipinski definition) is 3. The number of carbonyl (C=O) groups is 2. The van der Waals surface area contributed by atoms with Crippen molar-refractivity contribution >= 4 is 22.8 Å². The quantitative estimate of drug-likeness (QED) is 0.759. The average Bonchev–Trinajstić information content (AvgIpc) is 2.95. The standard InChI is InChI=1S/C17H21N3O3/c1-2-20(10-16(21)22)14-8-13(9-14)19-17(23)12-4-3-11-5-6-18-15(11)7-12/h3-7,13-14,18H,2,8-10H2,1H3,(H,19,23)(H,21,22). The summed E-state index contributed by atoms with van der Waals surface area (Å²) in [5, 5.41) is 13.0. The van der Waals surface area contributed by atoms with Gasteiger partial charge in [-0.2, -0.15) is 0 Å². The van der Waals surface area contributed by atoms with Gasteiger partial charge in [0.25, 0.3) is 5.91 Å². The summed E-state index contributed by atoms with van der Waals surface area (Å²) >= 11 is 0. The van der Waals surface area contributed by atoms with Crippen molar-refractivity contribution in [2.75, 3.05) is 13.1 Å². The van der Waals surface area contributed by atoms with Gasteiger partial charge >= 0.3 is 5.97 Å². The molecule has 0 saturated heterocycles. The van der Waals surface area contributed by atoms with Gasteiger partial charge in [0.05, 0.1) is 6.54 Å². The van der Waals surface area contributed by atoms with Crippen LogP contribution in [0.25, 0.3) is 10.9 Å². The number of benzene rings is 1. The molecule has 0 bridgehead atoms. The van der Waals surface area contributed by atoms with Crippen LogP contribution >= 0.6 is 0 Å². The molecular formula is C17H21N3O3. The van der Waals surface area contributed by atoms with Crippen LogP contribution in [0.3, 0.4) is 0 Å². The fraction of sp³-hybridized carbons (Fsp3) is 0.412. The Hall–Kier alpha value is -2.34. The lowest BCUT2D eigenvalue weighted by atomic mass is 9.85. The van der Waals surface area contributed by atoms with Crippen LogP contribution < -0.4 is 5.32 Å². The van der Waals surface area contributed by atoms with Gasteiger partial charge in [0.2, 0.25) is 0 Å². The first kappa shape index (κ1) is 15.6. The van der Waals surface area contributed by atoms with Crippen LogP contribution in [-0.2, 0) is 4.79 Å². The van der Waals surface area contributed by atoms with Crippen LogP contribution in [0.2, 0.25) is 0 Å². The van der Waals surface area contributed by atoms with E-state index < -0.39 is 5.97 Å². The first-order valence-corrected chi connectivity index (χ1v) is 7.90. The number of nitrogens with zero attached hydrogens (tertiary/aromatic N) is 1. The van der Waals surface area contributed by atoms with Gasteiger partial charge in [0.1, 0.15) is 0 Å². The Morgan fingerprint density at radius 3 is 2.83 bits per heavy atom. The van der Waals surface area contributed by atoms with Gasteiger partial charge in [-0.3, -0.25) is 14.5 Å². The number of aliphatic carboxylic acids is 1. The second-order valence-corrected chi connectivity index (χ2v) is 6.03. The first-order valence-electron chi connectivity index (χ1n) is 7.90. The summed E-state index contributed by atoms with van der Waals surface area (Å²) in [6, 6.07) is 7.93. The van der Waals surface area contributed by atoms with Gasteiger partial charge in [0.15, 0.2) is 0 Å². The monoisotopic (exact) mass is 315 g/mol. The Morgan fingerprint density at radius 2 is 2.13 bits per heavy atom. The highest BCUT2D eigenvalue weighted by Gasteiger charge is 2.34. The minimum atomic E-state index is -0.807. The molecule has 122 valence electrons. The van der Waals surface area contributed by atoms with E-state index in [0.29, 0.717) is 12.1 Å². The SMILES string of the molecule is CCN(CC(=O)O)C1CC(NC(=O)c2ccc3cc[nH]c3c2)C1. The maximum atomic E-state index is 12.3. The Bertz CT molecular complexity index is 719. The molecule has 6 heteroatoms. The number of H-pyrrole nitrogens is 1. The summed E-state index contributed by atoms with van der Waals surface area (Å²) in [6.45, 7) is 2.73. The Balaban J connectivity index is 1.54. The molecule has 1 saturated carbocycles. The summed E-state index contributed by atoms with van der Waals surface area (Å²) in [4.78, 5) is 28.2. The van der Waals surface area contributed by atoms with Crippen molar-refractivity contribution in [1.29, 1.82) is 0 Å². The zero-order valence-corrected chi connectivity index (χ0v) is 13.1. The number of rotatable bonds is 6. The summed E-state index contributed by atoms with van der Waals surface area (Å²) in [5.41, 5.74) is 1.59. The molecule has 1 amide bonds. The summed E-state index contributed by atoms with van der Waals surface area (Å²) in [7, 11) is 0. The van der Waals surface area contributed by atoms with Crippen molar-refractivity contribution in [2.45, 2.75) is 31.8 Å². The van der Waals surface area contributed by atoms with Crippen molar-refractivity contribution in [3.8, 4) is 0 Å².